The molecule has 3 heterocycles. The summed E-state index contributed by atoms with van der Waals surface area (Å²) in [5.41, 5.74) is 0.977. The monoisotopic (exact) mass is 416 g/mol. The van der Waals surface area contributed by atoms with E-state index in [1.165, 1.54) is 22.3 Å². The first kappa shape index (κ1) is 20.0. The molecular formula is C21H28N4O3S. The maximum atomic E-state index is 11.1. The summed E-state index contributed by atoms with van der Waals surface area (Å²) in [6.45, 7) is 8.29. The Hall–Kier alpha value is -2.32. The highest BCUT2D eigenvalue weighted by Crippen LogP contribution is 2.45. The van der Waals surface area contributed by atoms with E-state index < -0.39 is 0 Å². The third-order valence-electron chi connectivity index (χ3n) is 5.55. The molecule has 4 rings (SSSR count). The van der Waals surface area contributed by atoms with Gasteiger partial charge in [-0.25, -0.2) is 4.98 Å². The zero-order valence-electron chi connectivity index (χ0n) is 17.5. The van der Waals surface area contributed by atoms with Gasteiger partial charge in [-0.1, -0.05) is 25.2 Å². The number of fused-ring (bicyclic) bond motifs is 1. The number of likely N-dealkylation sites (tertiary alicyclic amines) is 1. The zero-order chi connectivity index (χ0) is 20.7. The van der Waals surface area contributed by atoms with Crippen LogP contribution in [0.5, 0.6) is 17.4 Å². The van der Waals surface area contributed by atoms with Crippen molar-refractivity contribution in [1.82, 2.24) is 19.5 Å². The van der Waals surface area contributed by atoms with Gasteiger partial charge in [0.05, 0.1) is 25.1 Å². The number of aromatic nitrogens is 3. The highest BCUT2D eigenvalue weighted by molar-refractivity contribution is 7.17. The van der Waals surface area contributed by atoms with Gasteiger partial charge in [0.15, 0.2) is 0 Å². The molecule has 29 heavy (non-hydrogen) atoms. The second kappa shape index (κ2) is 7.84. The van der Waals surface area contributed by atoms with E-state index in [0.29, 0.717) is 22.6 Å². The lowest BCUT2D eigenvalue weighted by Crippen LogP contribution is -2.41. The Bertz CT molecular complexity index is 1000. The first-order chi connectivity index (χ1) is 13.9. The van der Waals surface area contributed by atoms with Gasteiger partial charge >= 0.3 is 0 Å². The smallest absolute Gasteiger partial charge is 0.230 e. The molecule has 1 N–H and O–H groups in total. The first-order valence-corrected chi connectivity index (χ1v) is 10.7. The third kappa shape index (κ3) is 3.67. The molecule has 0 aliphatic carbocycles. The van der Waals surface area contributed by atoms with Crippen LogP contribution in [0.25, 0.3) is 4.96 Å². The molecule has 2 aromatic heterocycles. The van der Waals surface area contributed by atoms with Gasteiger partial charge in [-0.3, -0.25) is 4.90 Å². The molecule has 1 aromatic carbocycles. The van der Waals surface area contributed by atoms with E-state index in [0.717, 1.165) is 35.0 Å². The normalized spacial score (nSPS) is 21.4. The van der Waals surface area contributed by atoms with Crippen LogP contribution in [0.4, 0.5) is 0 Å². The molecule has 0 radical (unpaired) electrons. The standard InChI is InChI=1S/C21H28N4O3S/c1-12-8-13(2)11-24(10-12)18(16-9-15(27-4)6-7-17(16)28-5)19-20(26)25-21(29-19)22-14(3)23-25/h6-7,9,12-13,18,26H,8,10-11H2,1-5H3/t12-,13-,18+/m0/s1. The van der Waals surface area contributed by atoms with Crippen molar-refractivity contribution in [2.75, 3.05) is 27.3 Å². The Labute approximate surface area is 174 Å². The Balaban J connectivity index is 1.90. The number of ether oxygens (including phenoxy) is 2. The second-order valence-corrected chi connectivity index (χ2v) is 9.06. The van der Waals surface area contributed by atoms with Crippen molar-refractivity contribution >= 4 is 16.3 Å². The summed E-state index contributed by atoms with van der Waals surface area (Å²) >= 11 is 1.48. The predicted octanol–water partition coefficient (Wildman–Crippen LogP) is 3.89. The highest BCUT2D eigenvalue weighted by Gasteiger charge is 2.35. The second-order valence-electron chi connectivity index (χ2n) is 8.05. The Morgan fingerprint density at radius 2 is 1.90 bits per heavy atom. The molecular weight excluding hydrogens is 388 g/mol. The molecule has 7 nitrogen and oxygen atoms in total. The number of hydrogen-bond acceptors (Lipinski definition) is 7. The van der Waals surface area contributed by atoms with Crippen molar-refractivity contribution in [2.24, 2.45) is 11.8 Å². The van der Waals surface area contributed by atoms with Crippen LogP contribution < -0.4 is 9.47 Å². The van der Waals surface area contributed by atoms with Gasteiger partial charge in [0, 0.05) is 18.7 Å². The van der Waals surface area contributed by atoms with Crippen LogP contribution in [-0.4, -0.2) is 51.9 Å². The van der Waals surface area contributed by atoms with Gasteiger partial charge in [-0.15, -0.1) is 5.10 Å². The molecule has 0 spiro atoms. The number of aryl methyl sites for hydroxylation is 1. The molecule has 3 atom stereocenters. The number of thiazole rings is 1. The van der Waals surface area contributed by atoms with Gasteiger partial charge in [0.25, 0.3) is 0 Å². The number of hydrogen-bond donors (Lipinski definition) is 1. The maximum absolute atomic E-state index is 11.1. The molecule has 1 aliphatic rings. The number of rotatable bonds is 5. The molecule has 156 valence electrons. The van der Waals surface area contributed by atoms with Crippen molar-refractivity contribution in [2.45, 2.75) is 33.2 Å². The maximum Gasteiger partial charge on any atom is 0.230 e. The van der Waals surface area contributed by atoms with Crippen LogP contribution in [0, 0.1) is 18.8 Å². The van der Waals surface area contributed by atoms with E-state index in [2.05, 4.69) is 28.8 Å². The molecule has 0 bridgehead atoms. The van der Waals surface area contributed by atoms with Crippen molar-refractivity contribution in [3.05, 3.63) is 34.5 Å². The summed E-state index contributed by atoms with van der Waals surface area (Å²) in [4.78, 5) is 8.42. The average molecular weight is 417 g/mol. The topological polar surface area (TPSA) is 72.1 Å². The molecule has 1 fully saturated rings. The first-order valence-electron chi connectivity index (χ1n) is 9.92. The van der Waals surface area contributed by atoms with Crippen LogP contribution in [0.2, 0.25) is 0 Å². The molecule has 8 heteroatoms. The minimum atomic E-state index is -0.168. The minimum absolute atomic E-state index is 0.145. The fraction of sp³-hybridized carbons (Fsp3) is 0.524. The third-order valence-corrected chi connectivity index (χ3v) is 6.62. The largest absolute Gasteiger partial charge is 0.497 e. The number of nitrogens with zero attached hydrogens (tertiary/aromatic N) is 4. The van der Waals surface area contributed by atoms with Crippen LogP contribution in [-0.2, 0) is 0 Å². The predicted molar refractivity (Wildman–Crippen MR) is 113 cm³/mol. The van der Waals surface area contributed by atoms with Crippen LogP contribution in [0.3, 0.4) is 0 Å². The number of methoxy groups -OCH3 is 2. The number of piperidine rings is 1. The molecule has 0 amide bonds. The van der Waals surface area contributed by atoms with Gasteiger partial charge < -0.3 is 14.6 Å². The summed E-state index contributed by atoms with van der Waals surface area (Å²) < 4.78 is 12.7. The summed E-state index contributed by atoms with van der Waals surface area (Å²) in [7, 11) is 3.34. The zero-order valence-corrected chi connectivity index (χ0v) is 18.4. The minimum Gasteiger partial charge on any atom is -0.497 e. The van der Waals surface area contributed by atoms with E-state index in [-0.39, 0.29) is 11.9 Å². The fourth-order valence-corrected chi connectivity index (χ4v) is 5.66. The van der Waals surface area contributed by atoms with E-state index in [1.54, 1.807) is 14.2 Å². The van der Waals surface area contributed by atoms with Gasteiger partial charge in [-0.2, -0.15) is 4.52 Å². The van der Waals surface area contributed by atoms with E-state index in [4.69, 9.17) is 9.47 Å². The van der Waals surface area contributed by atoms with Gasteiger partial charge in [0.1, 0.15) is 17.3 Å². The summed E-state index contributed by atoms with van der Waals surface area (Å²) in [6.07, 6.45) is 1.21. The van der Waals surface area contributed by atoms with E-state index in [9.17, 15) is 5.11 Å². The Morgan fingerprint density at radius 3 is 2.52 bits per heavy atom. The van der Waals surface area contributed by atoms with E-state index >= 15 is 0 Å². The quantitative estimate of drug-likeness (QED) is 0.680. The lowest BCUT2D eigenvalue weighted by molar-refractivity contribution is 0.110. The fourth-order valence-electron chi connectivity index (χ4n) is 4.50. The molecule has 1 saturated heterocycles. The molecule has 0 saturated carbocycles. The van der Waals surface area contributed by atoms with E-state index in [1.807, 2.05) is 25.1 Å². The lowest BCUT2D eigenvalue weighted by atomic mass is 9.89. The van der Waals surface area contributed by atoms with Gasteiger partial charge in [0.2, 0.25) is 10.8 Å². The Morgan fingerprint density at radius 1 is 1.17 bits per heavy atom. The molecule has 0 unspecified atom stereocenters. The highest BCUT2D eigenvalue weighted by atomic mass is 32.1. The Kier molecular flexibility index (Phi) is 5.40. The number of aromatic hydroxyl groups is 1. The van der Waals surface area contributed by atoms with Crippen LogP contribution in [0.1, 0.15) is 42.6 Å². The van der Waals surface area contributed by atoms with Crippen molar-refractivity contribution in [3.8, 4) is 17.4 Å². The summed E-state index contributed by atoms with van der Waals surface area (Å²) in [5, 5.41) is 15.4. The lowest BCUT2D eigenvalue weighted by Gasteiger charge is -2.40. The summed E-state index contributed by atoms with van der Waals surface area (Å²) in [6, 6.07) is 5.66. The summed E-state index contributed by atoms with van der Waals surface area (Å²) in [5.74, 6) is 3.48. The van der Waals surface area contributed by atoms with Crippen molar-refractivity contribution < 1.29 is 14.6 Å². The van der Waals surface area contributed by atoms with Gasteiger partial charge in [-0.05, 0) is 43.4 Å². The van der Waals surface area contributed by atoms with Crippen molar-refractivity contribution in [3.63, 3.8) is 0 Å². The SMILES string of the molecule is COc1ccc(OC)c([C@H](c2sc3nc(C)nn3c2O)N2C[C@@H](C)C[C@H](C)C2)c1. The molecule has 1 aliphatic heterocycles. The molecule has 3 aromatic rings. The number of benzene rings is 1. The van der Waals surface area contributed by atoms with Crippen LogP contribution >= 0.6 is 11.3 Å². The van der Waals surface area contributed by atoms with Crippen LogP contribution in [0.15, 0.2) is 18.2 Å². The van der Waals surface area contributed by atoms with Crippen molar-refractivity contribution in [1.29, 1.82) is 0 Å². The average Bonchev–Trinajstić information content (AvgIpc) is 3.18.